The first kappa shape index (κ1) is 12.1. The molecule has 3 aliphatic heterocycles. The van der Waals surface area contributed by atoms with Gasteiger partial charge >= 0.3 is 0 Å². The quantitative estimate of drug-likeness (QED) is 0.695. The van der Waals surface area contributed by atoms with Gasteiger partial charge in [-0.3, -0.25) is 4.90 Å². The average molecular weight is 297 g/mol. The van der Waals surface area contributed by atoms with E-state index < -0.39 is 0 Å². The van der Waals surface area contributed by atoms with Gasteiger partial charge in [-0.15, -0.1) is 0 Å². The molecule has 3 saturated heterocycles. The van der Waals surface area contributed by atoms with Crippen molar-refractivity contribution in [1.29, 1.82) is 0 Å². The standard InChI is InChI=1S/C20H27NO/c1-10-11-6-12-16-19-5-3-4-18(2)9-21(16)13(15(18)19)8-20(12,17(10)22)14(19)7-11/h11-17,22H,1,3-9H2,2H3. The summed E-state index contributed by atoms with van der Waals surface area (Å²) in [5, 5.41) is 11.2. The van der Waals surface area contributed by atoms with Crippen molar-refractivity contribution in [2.75, 3.05) is 6.54 Å². The molecule has 1 N–H and O–H groups in total. The molecule has 9 aliphatic rings. The van der Waals surface area contributed by atoms with Crippen molar-refractivity contribution < 1.29 is 5.11 Å². The molecule has 0 aromatic rings. The third-order valence-corrected chi connectivity index (χ3v) is 10.3. The fraction of sp³-hybridized carbons (Fsp3) is 0.900. The average Bonchev–Trinajstić information content (AvgIpc) is 2.90. The highest BCUT2D eigenvalue weighted by atomic mass is 16.3. The lowest BCUT2D eigenvalue weighted by atomic mass is 9.40. The lowest BCUT2D eigenvalue weighted by Gasteiger charge is -2.64. The minimum absolute atomic E-state index is 0.172. The van der Waals surface area contributed by atoms with Gasteiger partial charge in [-0.2, -0.15) is 0 Å². The summed E-state index contributed by atoms with van der Waals surface area (Å²) >= 11 is 0. The van der Waals surface area contributed by atoms with Crippen LogP contribution in [0.2, 0.25) is 0 Å². The van der Waals surface area contributed by atoms with E-state index in [0.717, 1.165) is 29.8 Å². The molecule has 0 amide bonds. The van der Waals surface area contributed by atoms with E-state index in [9.17, 15) is 5.11 Å². The third kappa shape index (κ3) is 0.815. The van der Waals surface area contributed by atoms with E-state index in [0.29, 0.717) is 16.7 Å². The summed E-state index contributed by atoms with van der Waals surface area (Å²) in [6.45, 7) is 8.32. The van der Waals surface area contributed by atoms with Gasteiger partial charge in [0.05, 0.1) is 6.10 Å². The molecule has 9 bridgehead atoms. The van der Waals surface area contributed by atoms with Crippen LogP contribution in [0, 0.1) is 39.9 Å². The minimum Gasteiger partial charge on any atom is -0.388 e. The minimum atomic E-state index is -0.172. The van der Waals surface area contributed by atoms with Crippen LogP contribution in [0.4, 0.5) is 0 Å². The first-order valence-electron chi connectivity index (χ1n) is 9.66. The summed E-state index contributed by atoms with van der Waals surface area (Å²) in [4.78, 5) is 2.98. The van der Waals surface area contributed by atoms with Crippen LogP contribution < -0.4 is 0 Å². The Balaban J connectivity index is 1.53. The topological polar surface area (TPSA) is 23.5 Å². The molecule has 118 valence electrons. The Hall–Kier alpha value is -0.340. The first-order valence-corrected chi connectivity index (χ1v) is 9.66. The fourth-order valence-electron chi connectivity index (χ4n) is 10.4. The fourth-order valence-corrected chi connectivity index (χ4v) is 10.4. The number of rotatable bonds is 0. The molecule has 6 aliphatic carbocycles. The SMILES string of the molecule is C=C1C2CC3C4N5CC6(C)CCCC47C6C5CC3(C1O)C7C2. The molecule has 2 nitrogen and oxygen atoms in total. The Morgan fingerprint density at radius 3 is 2.95 bits per heavy atom. The van der Waals surface area contributed by atoms with Crippen LogP contribution in [0.1, 0.15) is 45.4 Å². The Morgan fingerprint density at radius 2 is 2.09 bits per heavy atom. The van der Waals surface area contributed by atoms with Crippen molar-refractivity contribution in [2.24, 2.45) is 39.9 Å². The van der Waals surface area contributed by atoms with Gasteiger partial charge in [0.1, 0.15) is 0 Å². The molecule has 11 atom stereocenters. The molecular formula is C20H27NO. The zero-order chi connectivity index (χ0) is 14.6. The molecule has 2 spiro atoms. The summed E-state index contributed by atoms with van der Waals surface area (Å²) in [5.74, 6) is 3.21. The maximum absolute atomic E-state index is 11.2. The number of hydrogen-bond acceptors (Lipinski definition) is 2. The largest absolute Gasteiger partial charge is 0.388 e. The Morgan fingerprint density at radius 1 is 1.23 bits per heavy atom. The van der Waals surface area contributed by atoms with Gasteiger partial charge in [-0.25, -0.2) is 0 Å². The van der Waals surface area contributed by atoms with Crippen LogP contribution in [0.25, 0.3) is 0 Å². The molecule has 0 aromatic carbocycles. The molecule has 6 saturated carbocycles. The number of hydrogen-bond donors (Lipinski definition) is 1. The molecule has 11 unspecified atom stereocenters. The van der Waals surface area contributed by atoms with E-state index >= 15 is 0 Å². The predicted molar refractivity (Wildman–Crippen MR) is 84.1 cm³/mol. The summed E-state index contributed by atoms with van der Waals surface area (Å²) in [7, 11) is 0. The third-order valence-electron chi connectivity index (χ3n) is 10.3. The Labute approximate surface area is 132 Å². The van der Waals surface area contributed by atoms with Gasteiger partial charge in [0.2, 0.25) is 0 Å². The molecule has 3 heterocycles. The van der Waals surface area contributed by atoms with Crippen molar-refractivity contribution in [1.82, 2.24) is 4.90 Å². The molecule has 0 aromatic heterocycles. The van der Waals surface area contributed by atoms with Crippen LogP contribution in [0.3, 0.4) is 0 Å². The second-order valence-corrected chi connectivity index (χ2v) is 10.4. The second kappa shape index (κ2) is 2.99. The number of piperidine rings is 2. The van der Waals surface area contributed by atoms with E-state index in [4.69, 9.17) is 0 Å². The molecule has 9 rings (SSSR count). The van der Waals surface area contributed by atoms with Crippen molar-refractivity contribution in [3.63, 3.8) is 0 Å². The smallest absolute Gasteiger partial charge is 0.0813 e. The van der Waals surface area contributed by atoms with Crippen LogP contribution in [0.15, 0.2) is 12.2 Å². The highest BCUT2D eigenvalue weighted by Gasteiger charge is 2.87. The van der Waals surface area contributed by atoms with Crippen LogP contribution in [-0.4, -0.2) is 34.7 Å². The van der Waals surface area contributed by atoms with Gasteiger partial charge in [0.25, 0.3) is 0 Å². The Bertz CT molecular complexity index is 644. The van der Waals surface area contributed by atoms with Crippen molar-refractivity contribution >= 4 is 0 Å². The molecule has 0 radical (unpaired) electrons. The zero-order valence-electron chi connectivity index (χ0n) is 13.6. The molecule has 22 heavy (non-hydrogen) atoms. The van der Waals surface area contributed by atoms with Crippen molar-refractivity contribution in [3.05, 3.63) is 12.2 Å². The monoisotopic (exact) mass is 297 g/mol. The van der Waals surface area contributed by atoms with Crippen LogP contribution >= 0.6 is 0 Å². The lowest BCUT2D eigenvalue weighted by Crippen LogP contribution is -2.63. The van der Waals surface area contributed by atoms with E-state index in [2.05, 4.69) is 18.4 Å². The second-order valence-electron chi connectivity index (χ2n) is 10.4. The zero-order valence-corrected chi connectivity index (χ0v) is 13.6. The number of nitrogens with zero attached hydrogens (tertiary/aromatic N) is 1. The van der Waals surface area contributed by atoms with Gasteiger partial charge < -0.3 is 5.11 Å². The number of aliphatic hydroxyl groups is 1. The van der Waals surface area contributed by atoms with Gasteiger partial charge in [0, 0.05) is 24.0 Å². The normalized spacial score (nSPS) is 75.1. The van der Waals surface area contributed by atoms with Gasteiger partial charge in [-0.1, -0.05) is 19.9 Å². The van der Waals surface area contributed by atoms with Crippen LogP contribution in [0.5, 0.6) is 0 Å². The summed E-state index contributed by atoms with van der Waals surface area (Å²) < 4.78 is 0. The summed E-state index contributed by atoms with van der Waals surface area (Å²) in [5.41, 5.74) is 2.65. The van der Waals surface area contributed by atoms with Crippen molar-refractivity contribution in [2.45, 2.75) is 63.6 Å². The van der Waals surface area contributed by atoms with E-state index in [1.807, 2.05) is 0 Å². The van der Waals surface area contributed by atoms with Crippen LogP contribution in [-0.2, 0) is 0 Å². The highest BCUT2D eigenvalue weighted by Crippen LogP contribution is 2.86. The number of fused-ring (bicyclic) bond motifs is 1. The maximum Gasteiger partial charge on any atom is 0.0813 e. The van der Waals surface area contributed by atoms with Gasteiger partial charge in [-0.05, 0) is 72.2 Å². The maximum atomic E-state index is 11.2. The first-order chi connectivity index (χ1) is 10.5. The molecule has 9 fully saturated rings. The van der Waals surface area contributed by atoms with Crippen molar-refractivity contribution in [3.8, 4) is 0 Å². The van der Waals surface area contributed by atoms with Gasteiger partial charge in [0.15, 0.2) is 0 Å². The van der Waals surface area contributed by atoms with E-state index in [-0.39, 0.29) is 11.5 Å². The number of aliphatic hydroxyl groups excluding tert-OH is 1. The van der Waals surface area contributed by atoms with E-state index in [1.165, 1.54) is 50.6 Å². The van der Waals surface area contributed by atoms with E-state index in [1.54, 1.807) is 0 Å². The lowest BCUT2D eigenvalue weighted by molar-refractivity contribution is -0.166. The predicted octanol–water partition coefficient (Wildman–Crippen LogP) is 2.82. The summed E-state index contributed by atoms with van der Waals surface area (Å²) in [6.07, 6.45) is 8.23. The Kier molecular flexibility index (Phi) is 1.64. The highest BCUT2D eigenvalue weighted by molar-refractivity contribution is 5.42. The summed E-state index contributed by atoms with van der Waals surface area (Å²) in [6, 6.07) is 1.64. The molecular weight excluding hydrogens is 270 g/mol. The molecule has 2 heteroatoms.